The van der Waals surface area contributed by atoms with Gasteiger partial charge in [0, 0.05) is 24.7 Å². The zero-order valence-electron chi connectivity index (χ0n) is 16.2. The molecule has 2 aliphatic rings. The van der Waals surface area contributed by atoms with Gasteiger partial charge in [-0.15, -0.1) is 0 Å². The van der Waals surface area contributed by atoms with Crippen molar-refractivity contribution in [3.8, 4) is 5.75 Å². The zero-order valence-corrected chi connectivity index (χ0v) is 17.0. The largest absolute Gasteiger partial charge is 0.489 e. The van der Waals surface area contributed by atoms with E-state index >= 15 is 0 Å². The van der Waals surface area contributed by atoms with Gasteiger partial charge in [-0.3, -0.25) is 4.79 Å². The molecule has 0 saturated heterocycles. The first-order valence-electron chi connectivity index (χ1n) is 9.61. The first kappa shape index (κ1) is 18.7. The normalized spacial score (nSPS) is 19.4. The Morgan fingerprint density at radius 2 is 1.96 bits per heavy atom. The van der Waals surface area contributed by atoms with Crippen LogP contribution in [0.15, 0.2) is 59.8 Å². The molecule has 4 nitrogen and oxygen atoms in total. The van der Waals surface area contributed by atoms with Crippen LogP contribution in [-0.2, 0) is 11.4 Å². The molecule has 5 heteroatoms. The van der Waals surface area contributed by atoms with Gasteiger partial charge in [-0.2, -0.15) is 0 Å². The standard InChI is InChI=1S/C23H24N2O2S/c1-15-9-11-16(12-10-15)14-27-18-6-3-5-17(13-18)22-21-19(7-4-8-20(21)26)25(2)23(28)24-22/h3,5-6,9-13,22H,4,7-8,14H2,1-2H3,(H,24,28). The minimum atomic E-state index is -0.213. The Morgan fingerprint density at radius 3 is 2.75 bits per heavy atom. The number of ether oxygens (including phenoxy) is 1. The molecule has 0 bridgehead atoms. The second-order valence-electron chi connectivity index (χ2n) is 7.43. The van der Waals surface area contributed by atoms with Crippen molar-refractivity contribution in [2.45, 2.75) is 38.8 Å². The van der Waals surface area contributed by atoms with E-state index in [4.69, 9.17) is 17.0 Å². The number of benzene rings is 2. The molecule has 0 amide bonds. The maximum Gasteiger partial charge on any atom is 0.173 e. The van der Waals surface area contributed by atoms with Gasteiger partial charge in [-0.25, -0.2) is 0 Å². The molecule has 1 unspecified atom stereocenters. The average Bonchev–Trinajstić information content (AvgIpc) is 2.71. The molecule has 0 radical (unpaired) electrons. The van der Waals surface area contributed by atoms with Crippen LogP contribution in [0.1, 0.15) is 42.0 Å². The highest BCUT2D eigenvalue weighted by molar-refractivity contribution is 7.80. The number of allylic oxidation sites excluding steroid dienone is 1. The first-order valence-corrected chi connectivity index (χ1v) is 10.0. The van der Waals surface area contributed by atoms with E-state index < -0.39 is 0 Å². The first-order chi connectivity index (χ1) is 13.5. The highest BCUT2D eigenvalue weighted by Crippen LogP contribution is 2.37. The molecule has 1 heterocycles. The van der Waals surface area contributed by atoms with Crippen molar-refractivity contribution in [2.24, 2.45) is 0 Å². The highest BCUT2D eigenvalue weighted by atomic mass is 32.1. The molecule has 1 aliphatic heterocycles. The van der Waals surface area contributed by atoms with Crippen molar-refractivity contribution in [3.63, 3.8) is 0 Å². The Labute approximate surface area is 171 Å². The number of nitrogens with zero attached hydrogens (tertiary/aromatic N) is 1. The van der Waals surface area contributed by atoms with Crippen LogP contribution in [0.5, 0.6) is 5.75 Å². The number of hydrogen-bond donors (Lipinski definition) is 1. The lowest BCUT2D eigenvalue weighted by atomic mass is 9.85. The lowest BCUT2D eigenvalue weighted by molar-refractivity contribution is -0.116. The van der Waals surface area contributed by atoms with Gasteiger partial charge in [0.05, 0.1) is 6.04 Å². The molecule has 2 aromatic rings. The van der Waals surface area contributed by atoms with Crippen molar-refractivity contribution in [1.82, 2.24) is 10.2 Å². The molecule has 0 aromatic heterocycles. The van der Waals surface area contributed by atoms with E-state index in [2.05, 4.69) is 36.5 Å². The summed E-state index contributed by atoms with van der Waals surface area (Å²) in [6.45, 7) is 2.58. The fourth-order valence-corrected chi connectivity index (χ4v) is 4.05. The van der Waals surface area contributed by atoms with Crippen molar-refractivity contribution >= 4 is 23.1 Å². The quantitative estimate of drug-likeness (QED) is 0.779. The summed E-state index contributed by atoms with van der Waals surface area (Å²) in [5, 5.41) is 4.00. The molecule has 2 aromatic carbocycles. The van der Waals surface area contributed by atoms with Gasteiger partial charge >= 0.3 is 0 Å². The average molecular weight is 393 g/mol. The summed E-state index contributed by atoms with van der Waals surface area (Å²) in [4.78, 5) is 14.6. The van der Waals surface area contributed by atoms with E-state index in [1.165, 1.54) is 5.56 Å². The smallest absolute Gasteiger partial charge is 0.173 e. The molecular weight excluding hydrogens is 368 g/mol. The van der Waals surface area contributed by atoms with Gasteiger partial charge in [0.25, 0.3) is 0 Å². The zero-order chi connectivity index (χ0) is 19.7. The van der Waals surface area contributed by atoms with E-state index in [9.17, 15) is 4.79 Å². The number of Topliss-reactive ketones (excluding diaryl/α,β-unsaturated/α-hetero) is 1. The Kier molecular flexibility index (Phi) is 5.18. The van der Waals surface area contributed by atoms with Gasteiger partial charge in [-0.1, -0.05) is 42.0 Å². The van der Waals surface area contributed by atoms with E-state index in [1.54, 1.807) is 0 Å². The van der Waals surface area contributed by atoms with Gasteiger partial charge in [0.1, 0.15) is 12.4 Å². The summed E-state index contributed by atoms with van der Waals surface area (Å²) in [6.07, 6.45) is 2.37. The van der Waals surface area contributed by atoms with E-state index in [-0.39, 0.29) is 11.8 Å². The Bertz CT molecular complexity index is 949. The lowest BCUT2D eigenvalue weighted by Gasteiger charge is -2.39. The summed E-state index contributed by atoms with van der Waals surface area (Å²) in [7, 11) is 1.93. The lowest BCUT2D eigenvalue weighted by Crippen LogP contribution is -2.47. The second kappa shape index (κ2) is 7.76. The number of aryl methyl sites for hydroxylation is 1. The van der Waals surface area contributed by atoms with E-state index in [0.717, 1.165) is 41.0 Å². The van der Waals surface area contributed by atoms with E-state index in [0.29, 0.717) is 18.1 Å². The number of hydrogen-bond acceptors (Lipinski definition) is 3. The molecule has 1 atom stereocenters. The van der Waals surface area contributed by atoms with Crippen molar-refractivity contribution in [3.05, 3.63) is 76.5 Å². The SMILES string of the molecule is Cc1ccc(COc2cccc(C3NC(=S)N(C)C4=C3C(=O)CCC4)c2)cc1. The van der Waals surface area contributed by atoms with Crippen LogP contribution in [0, 0.1) is 6.92 Å². The third-order valence-electron chi connectivity index (χ3n) is 5.41. The van der Waals surface area contributed by atoms with Crippen LogP contribution in [0.25, 0.3) is 0 Å². The molecule has 4 rings (SSSR count). The fourth-order valence-electron chi connectivity index (χ4n) is 3.82. The summed E-state index contributed by atoms with van der Waals surface area (Å²) < 4.78 is 6.00. The third-order valence-corrected chi connectivity index (χ3v) is 5.80. The second-order valence-corrected chi connectivity index (χ2v) is 7.81. The Morgan fingerprint density at radius 1 is 1.18 bits per heavy atom. The summed E-state index contributed by atoms with van der Waals surface area (Å²) in [5.41, 5.74) is 5.26. The maximum absolute atomic E-state index is 12.7. The van der Waals surface area contributed by atoms with Crippen LogP contribution in [0.4, 0.5) is 0 Å². The fraction of sp³-hybridized carbons (Fsp3) is 0.304. The van der Waals surface area contributed by atoms with Crippen molar-refractivity contribution < 1.29 is 9.53 Å². The van der Waals surface area contributed by atoms with Gasteiger partial charge in [0.15, 0.2) is 10.9 Å². The van der Waals surface area contributed by atoms with Crippen LogP contribution < -0.4 is 10.1 Å². The van der Waals surface area contributed by atoms with Gasteiger partial charge in [0.2, 0.25) is 0 Å². The van der Waals surface area contributed by atoms with E-state index in [1.807, 2.05) is 36.2 Å². The molecule has 0 saturated carbocycles. The molecule has 1 N–H and O–H groups in total. The van der Waals surface area contributed by atoms with Crippen LogP contribution in [0.3, 0.4) is 0 Å². The summed E-state index contributed by atoms with van der Waals surface area (Å²) in [5.74, 6) is 0.995. The number of thiocarbonyl (C=S) groups is 1. The summed E-state index contributed by atoms with van der Waals surface area (Å²) >= 11 is 5.51. The molecule has 0 spiro atoms. The molecular formula is C23H24N2O2S. The number of ketones is 1. The number of nitrogens with one attached hydrogen (secondary N) is 1. The van der Waals surface area contributed by atoms with Crippen LogP contribution >= 0.6 is 12.2 Å². The minimum absolute atomic E-state index is 0.207. The highest BCUT2D eigenvalue weighted by Gasteiger charge is 2.35. The molecule has 1 aliphatic carbocycles. The number of carbonyl (C=O) groups is 1. The van der Waals surface area contributed by atoms with Crippen LogP contribution in [0.2, 0.25) is 0 Å². The van der Waals surface area contributed by atoms with Crippen LogP contribution in [-0.4, -0.2) is 22.8 Å². The number of carbonyl (C=O) groups excluding carboxylic acids is 1. The van der Waals surface area contributed by atoms with Crippen molar-refractivity contribution in [1.29, 1.82) is 0 Å². The third kappa shape index (κ3) is 3.67. The monoisotopic (exact) mass is 392 g/mol. The van der Waals surface area contributed by atoms with Crippen molar-refractivity contribution in [2.75, 3.05) is 7.05 Å². The summed E-state index contributed by atoms with van der Waals surface area (Å²) in [6, 6.07) is 16.1. The van der Waals surface area contributed by atoms with Gasteiger partial charge < -0.3 is 15.0 Å². The molecule has 28 heavy (non-hydrogen) atoms. The van der Waals surface area contributed by atoms with Gasteiger partial charge in [-0.05, 0) is 55.2 Å². The maximum atomic E-state index is 12.7. The molecule has 0 fully saturated rings. The Hall–Kier alpha value is -2.66. The molecule has 144 valence electrons. The topological polar surface area (TPSA) is 41.6 Å². The number of rotatable bonds is 4. The predicted octanol–water partition coefficient (Wildman–Crippen LogP) is 4.44. The predicted molar refractivity (Wildman–Crippen MR) is 114 cm³/mol. The minimum Gasteiger partial charge on any atom is -0.489 e. The Balaban J connectivity index is 1.59.